The van der Waals surface area contributed by atoms with Crippen LogP contribution in [0.25, 0.3) is 0 Å². The molecule has 2 aliphatic heterocycles. The van der Waals surface area contributed by atoms with Gasteiger partial charge in [-0.05, 0) is 37.3 Å². The molecule has 1 saturated carbocycles. The van der Waals surface area contributed by atoms with Gasteiger partial charge in [-0.25, -0.2) is 0 Å². The molecule has 1 N–H and O–H groups in total. The number of likely N-dealkylation sites (tertiary alicyclic amines) is 1. The molecule has 2 heterocycles. The number of rotatable bonds is 15. The lowest BCUT2D eigenvalue weighted by Crippen LogP contribution is -2.76. The van der Waals surface area contributed by atoms with Crippen molar-refractivity contribution in [2.45, 2.75) is 133 Å². The Hall–Kier alpha value is -2.18. The minimum absolute atomic E-state index is 0.0397. The summed E-state index contributed by atoms with van der Waals surface area (Å²) in [5, 5.41) is 12.3. The smallest absolute Gasteiger partial charge is 0.311 e. The quantitative estimate of drug-likeness (QED) is 0.124. The van der Waals surface area contributed by atoms with Crippen LogP contribution in [0.5, 0.6) is 11.5 Å². The van der Waals surface area contributed by atoms with Crippen LogP contribution in [-0.4, -0.2) is 52.6 Å². The second-order valence-corrected chi connectivity index (χ2v) is 12.3. The number of hydrogen-bond acceptors (Lipinski definition) is 6. The summed E-state index contributed by atoms with van der Waals surface area (Å²) in [4.78, 5) is 28.3. The predicted molar refractivity (Wildman–Crippen MR) is 152 cm³/mol. The van der Waals surface area contributed by atoms with Gasteiger partial charge in [-0.2, -0.15) is 0 Å². The molecule has 3 unspecified atom stereocenters. The van der Waals surface area contributed by atoms with Crippen molar-refractivity contribution in [3.8, 4) is 11.5 Å². The van der Waals surface area contributed by atoms with E-state index in [2.05, 4.69) is 18.4 Å². The summed E-state index contributed by atoms with van der Waals surface area (Å²) in [6.45, 7) is 7.64. The van der Waals surface area contributed by atoms with E-state index in [0.717, 1.165) is 36.9 Å². The maximum Gasteiger partial charge on any atom is 0.311 e. The Bertz CT molecular complexity index is 1070. The number of esters is 1. The Morgan fingerprint density at radius 3 is 2.49 bits per heavy atom. The van der Waals surface area contributed by atoms with Gasteiger partial charge in [0.25, 0.3) is 0 Å². The number of ketones is 1. The average Bonchev–Trinajstić information content (AvgIpc) is 3.28. The van der Waals surface area contributed by atoms with Crippen molar-refractivity contribution in [2.24, 2.45) is 0 Å². The normalized spacial score (nSPS) is 28.6. The van der Waals surface area contributed by atoms with Crippen molar-refractivity contribution >= 4 is 11.8 Å². The third-order valence-corrected chi connectivity index (χ3v) is 9.93. The van der Waals surface area contributed by atoms with Gasteiger partial charge in [0.1, 0.15) is 0 Å². The van der Waals surface area contributed by atoms with Crippen molar-refractivity contribution in [3.05, 3.63) is 35.9 Å². The highest BCUT2D eigenvalue weighted by Gasteiger charge is 2.73. The molecule has 2 fully saturated rings. The number of carbonyl (C=O) groups is 2. The molecule has 4 aliphatic rings. The monoisotopic (exact) mass is 537 g/mol. The highest BCUT2D eigenvalue weighted by molar-refractivity contribution is 5.90. The third kappa shape index (κ3) is 5.08. The summed E-state index contributed by atoms with van der Waals surface area (Å²) in [5.74, 6) is 0.689. The molecule has 1 saturated heterocycles. The number of unbranched alkanes of at least 4 members (excludes halogenated alkanes) is 10. The van der Waals surface area contributed by atoms with E-state index in [1.807, 2.05) is 18.2 Å². The fourth-order valence-electron chi connectivity index (χ4n) is 7.97. The van der Waals surface area contributed by atoms with E-state index in [1.165, 1.54) is 51.4 Å². The second-order valence-electron chi connectivity index (χ2n) is 12.3. The minimum Gasteiger partial charge on any atom is -0.477 e. The lowest BCUT2D eigenvalue weighted by molar-refractivity contribution is -0.187. The second kappa shape index (κ2) is 12.1. The van der Waals surface area contributed by atoms with E-state index in [1.54, 1.807) is 0 Å². The first-order valence-electron chi connectivity index (χ1n) is 15.6. The summed E-state index contributed by atoms with van der Waals surface area (Å²) in [5.41, 5.74) is 0.184. The van der Waals surface area contributed by atoms with E-state index >= 15 is 0 Å². The molecule has 39 heavy (non-hydrogen) atoms. The first kappa shape index (κ1) is 28.4. The Labute approximate surface area is 234 Å². The number of carbonyl (C=O) groups excluding carboxylic acids is 2. The molecule has 5 rings (SSSR count). The van der Waals surface area contributed by atoms with Gasteiger partial charge in [-0.15, -0.1) is 6.58 Å². The number of piperidine rings is 1. The average molecular weight is 538 g/mol. The number of benzene rings is 1. The molecule has 0 aromatic heterocycles. The van der Waals surface area contributed by atoms with Crippen molar-refractivity contribution in [2.75, 3.05) is 13.1 Å². The molecule has 1 aromatic carbocycles. The van der Waals surface area contributed by atoms with Crippen LogP contribution < -0.4 is 9.47 Å². The van der Waals surface area contributed by atoms with E-state index in [4.69, 9.17) is 9.47 Å². The van der Waals surface area contributed by atoms with Gasteiger partial charge in [0.2, 0.25) is 0 Å². The van der Waals surface area contributed by atoms with Crippen LogP contribution in [0.3, 0.4) is 0 Å². The van der Waals surface area contributed by atoms with Crippen LogP contribution in [-0.2, 0) is 21.4 Å². The van der Waals surface area contributed by atoms with Gasteiger partial charge in [-0.1, -0.05) is 83.3 Å². The number of ether oxygens (including phenoxy) is 2. The Balaban J connectivity index is 1.20. The standard InChI is InChI=1S/C33H47NO5/c1-3-5-6-7-8-9-10-11-12-13-14-15-28(36)38-26-17-16-24-23-27-33(37)19-18-25(35)31-32(33,29(24)30(26)39-31)20-22-34(27)21-4-2/h4,16-17,27,31,37H,2-3,5-15,18-23H2,1H3/t27?,31?,32?,33-/m1/s1. The van der Waals surface area contributed by atoms with Crippen LogP contribution in [0, 0.1) is 0 Å². The molecular formula is C33H47NO5. The van der Waals surface area contributed by atoms with Crippen molar-refractivity contribution in [1.82, 2.24) is 4.90 Å². The summed E-state index contributed by atoms with van der Waals surface area (Å²) in [7, 11) is 0. The van der Waals surface area contributed by atoms with Gasteiger partial charge in [-0.3, -0.25) is 14.5 Å². The van der Waals surface area contributed by atoms with Gasteiger partial charge >= 0.3 is 5.97 Å². The zero-order valence-corrected chi connectivity index (χ0v) is 23.8. The minimum atomic E-state index is -1.05. The van der Waals surface area contributed by atoms with E-state index < -0.39 is 17.1 Å². The molecule has 0 amide bonds. The van der Waals surface area contributed by atoms with Gasteiger partial charge in [0.15, 0.2) is 23.4 Å². The maximum atomic E-state index is 13.2. The Kier molecular flexibility index (Phi) is 8.82. The van der Waals surface area contributed by atoms with Crippen LogP contribution in [0.2, 0.25) is 0 Å². The highest BCUT2D eigenvalue weighted by atomic mass is 16.6. The van der Waals surface area contributed by atoms with E-state index in [-0.39, 0.29) is 17.8 Å². The van der Waals surface area contributed by atoms with Crippen LogP contribution in [0.4, 0.5) is 0 Å². The summed E-state index contributed by atoms with van der Waals surface area (Å²) >= 11 is 0. The largest absolute Gasteiger partial charge is 0.477 e. The lowest BCUT2D eigenvalue weighted by Gasteiger charge is -2.62. The lowest BCUT2D eigenvalue weighted by atomic mass is 9.49. The molecule has 6 nitrogen and oxygen atoms in total. The van der Waals surface area contributed by atoms with E-state index in [9.17, 15) is 14.7 Å². The van der Waals surface area contributed by atoms with Crippen LogP contribution >= 0.6 is 0 Å². The first-order valence-corrected chi connectivity index (χ1v) is 15.6. The number of hydrogen-bond donors (Lipinski definition) is 1. The SMILES string of the molecule is C=CCN1CCC23c4c5ccc(OC(=O)CCCCCCCCCCCCC)c4OC2C(=O)CC[C@@]3(O)C1C5. The van der Waals surface area contributed by atoms with Gasteiger partial charge in [0.05, 0.1) is 11.0 Å². The zero-order valence-electron chi connectivity index (χ0n) is 23.8. The number of nitrogens with zero attached hydrogens (tertiary/aromatic N) is 1. The Morgan fingerprint density at radius 1 is 1.10 bits per heavy atom. The fourth-order valence-corrected chi connectivity index (χ4v) is 7.97. The van der Waals surface area contributed by atoms with Crippen molar-refractivity contribution < 1.29 is 24.2 Å². The molecule has 4 atom stereocenters. The molecular weight excluding hydrogens is 490 g/mol. The van der Waals surface area contributed by atoms with E-state index in [0.29, 0.717) is 50.1 Å². The molecule has 1 spiro atoms. The van der Waals surface area contributed by atoms with Gasteiger partial charge < -0.3 is 14.6 Å². The van der Waals surface area contributed by atoms with Crippen LogP contribution in [0.15, 0.2) is 24.8 Å². The summed E-state index contributed by atoms with van der Waals surface area (Å²) < 4.78 is 12.2. The highest BCUT2D eigenvalue weighted by Crippen LogP contribution is 2.64. The van der Waals surface area contributed by atoms with Crippen molar-refractivity contribution in [1.29, 1.82) is 0 Å². The topological polar surface area (TPSA) is 76.1 Å². The summed E-state index contributed by atoms with van der Waals surface area (Å²) in [6.07, 6.45) is 17.2. The molecule has 1 aromatic rings. The molecule has 6 heteroatoms. The Morgan fingerprint density at radius 2 is 1.79 bits per heavy atom. The number of aliphatic hydroxyl groups is 1. The predicted octanol–water partition coefficient (Wildman–Crippen LogP) is 6.20. The molecule has 0 radical (unpaired) electrons. The third-order valence-electron chi connectivity index (χ3n) is 9.93. The fraction of sp³-hybridized carbons (Fsp3) is 0.697. The summed E-state index contributed by atoms with van der Waals surface area (Å²) in [6, 6.07) is 3.75. The van der Waals surface area contributed by atoms with Crippen LogP contribution in [0.1, 0.15) is 114 Å². The molecule has 214 valence electrons. The number of Topliss-reactive ketones (excluding diaryl/α,β-unsaturated/α-hetero) is 1. The van der Waals surface area contributed by atoms with Gasteiger partial charge in [0, 0.05) is 37.5 Å². The molecule has 2 bridgehead atoms. The van der Waals surface area contributed by atoms with Crippen molar-refractivity contribution in [3.63, 3.8) is 0 Å². The maximum absolute atomic E-state index is 13.2. The zero-order chi connectivity index (χ0) is 27.5. The first-order chi connectivity index (χ1) is 19.0. The molecule has 2 aliphatic carbocycles.